The molecule has 5 atom stereocenters. The number of nitro groups is 1. The van der Waals surface area contributed by atoms with Crippen LogP contribution in [-0.4, -0.2) is 33.8 Å². The molecule has 2 aromatic carbocycles. The number of likely N-dealkylation sites (tertiary alicyclic amines) is 1. The van der Waals surface area contributed by atoms with Crippen LogP contribution in [-0.2, 0) is 16.0 Å². The summed E-state index contributed by atoms with van der Waals surface area (Å²) in [6.45, 7) is 0. The Morgan fingerprint density at radius 3 is 2.24 bits per heavy atom. The van der Waals surface area contributed by atoms with E-state index in [1.165, 1.54) is 29.2 Å². The number of anilines is 1. The minimum Gasteiger partial charge on any atom is -0.317 e. The largest absolute Gasteiger partial charge is 0.320 e. The molecule has 2 fully saturated rings. The molecule has 6 rings (SSSR count). The lowest BCUT2D eigenvalue weighted by Crippen LogP contribution is -2.53. The predicted molar refractivity (Wildman–Crippen MR) is 123 cm³/mol. The summed E-state index contributed by atoms with van der Waals surface area (Å²) in [6.07, 6.45) is 5.25. The first-order valence-electron chi connectivity index (χ1n) is 11.3. The van der Waals surface area contributed by atoms with Crippen LogP contribution in [0, 0.1) is 33.8 Å². The first-order chi connectivity index (χ1) is 16.4. The fourth-order valence-corrected chi connectivity index (χ4v) is 5.46. The maximum absolute atomic E-state index is 13.5. The van der Waals surface area contributed by atoms with Gasteiger partial charge in [0.05, 0.1) is 16.8 Å². The smallest absolute Gasteiger partial charge is 0.317 e. The number of rotatable bonds is 6. The summed E-state index contributed by atoms with van der Waals surface area (Å²) in [5.74, 6) is -1.15. The predicted octanol–water partition coefficient (Wildman–Crippen LogP) is 3.48. The SMILES string of the molecule is O=C(Nc1cccc([N+](=O)[O-])c1)N[C@H](Cc1ccccc1)N1C(=O)[C@H]2[C@H](C1=O)[C@H]1C=C[C@H]2CC1. The van der Waals surface area contributed by atoms with E-state index in [0.717, 1.165) is 18.4 Å². The molecule has 9 heteroatoms. The van der Waals surface area contributed by atoms with Crippen LogP contribution in [0.4, 0.5) is 16.2 Å². The molecule has 2 aromatic rings. The third-order valence-electron chi connectivity index (χ3n) is 6.99. The maximum Gasteiger partial charge on any atom is 0.320 e. The number of hydrogen-bond acceptors (Lipinski definition) is 5. The van der Waals surface area contributed by atoms with Crippen molar-refractivity contribution in [3.63, 3.8) is 0 Å². The highest BCUT2D eigenvalue weighted by Gasteiger charge is 2.58. The van der Waals surface area contributed by atoms with E-state index in [1.807, 2.05) is 30.3 Å². The lowest BCUT2D eigenvalue weighted by molar-refractivity contribution is -0.384. The number of allylic oxidation sites excluding steroid dienone is 2. The number of nitro benzene ring substituents is 1. The van der Waals surface area contributed by atoms with Crippen LogP contribution in [0.2, 0.25) is 0 Å². The molecule has 2 bridgehead atoms. The average molecular weight is 460 g/mol. The molecule has 1 heterocycles. The van der Waals surface area contributed by atoms with Gasteiger partial charge >= 0.3 is 6.03 Å². The second-order valence-corrected chi connectivity index (χ2v) is 9.00. The number of imide groups is 1. The van der Waals surface area contributed by atoms with Crippen LogP contribution in [0.1, 0.15) is 18.4 Å². The second-order valence-electron chi connectivity index (χ2n) is 9.00. The minimum absolute atomic E-state index is 0.0486. The number of carbonyl (C=O) groups excluding carboxylic acids is 3. The van der Waals surface area contributed by atoms with Crippen molar-refractivity contribution in [1.82, 2.24) is 10.2 Å². The zero-order valence-corrected chi connectivity index (χ0v) is 18.3. The second kappa shape index (κ2) is 8.74. The molecule has 4 aliphatic rings. The van der Waals surface area contributed by atoms with E-state index >= 15 is 0 Å². The van der Waals surface area contributed by atoms with E-state index < -0.39 is 17.1 Å². The number of benzene rings is 2. The van der Waals surface area contributed by atoms with Gasteiger partial charge < -0.3 is 10.6 Å². The standard InChI is InChI=1S/C25H24N4O5/c30-23-21-16-9-10-17(12-11-16)22(21)24(31)28(23)20(13-15-5-2-1-3-6-15)27-25(32)26-18-7-4-8-19(14-18)29(33)34/h1-10,14,16-17,20-22H,11-13H2,(H2,26,27,32)/t16-,17-,20-,21+,22+/m0/s1. The van der Waals surface area contributed by atoms with E-state index in [9.17, 15) is 24.5 Å². The zero-order chi connectivity index (χ0) is 23.8. The highest BCUT2D eigenvalue weighted by molar-refractivity contribution is 6.06. The summed E-state index contributed by atoms with van der Waals surface area (Å²) in [5.41, 5.74) is 0.940. The van der Waals surface area contributed by atoms with Crippen LogP contribution >= 0.6 is 0 Å². The highest BCUT2D eigenvalue weighted by Crippen LogP contribution is 2.50. The first kappa shape index (κ1) is 21.8. The summed E-state index contributed by atoms with van der Waals surface area (Å²) in [7, 11) is 0. The number of urea groups is 1. The van der Waals surface area contributed by atoms with Gasteiger partial charge in [-0.1, -0.05) is 48.6 Å². The van der Waals surface area contributed by atoms with E-state index in [2.05, 4.69) is 22.8 Å². The van der Waals surface area contributed by atoms with Gasteiger partial charge in [-0.2, -0.15) is 0 Å². The average Bonchev–Trinajstić information content (AvgIpc) is 3.12. The summed E-state index contributed by atoms with van der Waals surface area (Å²) in [5, 5.41) is 16.4. The van der Waals surface area contributed by atoms with Gasteiger partial charge in [-0.25, -0.2) is 4.79 Å². The van der Waals surface area contributed by atoms with Crippen LogP contribution in [0.5, 0.6) is 0 Å². The summed E-state index contributed by atoms with van der Waals surface area (Å²) < 4.78 is 0. The van der Waals surface area contributed by atoms with Crippen molar-refractivity contribution in [3.05, 3.63) is 82.4 Å². The van der Waals surface area contributed by atoms with E-state index in [0.29, 0.717) is 0 Å². The van der Waals surface area contributed by atoms with E-state index in [-0.39, 0.29) is 53.3 Å². The molecule has 4 amide bonds. The van der Waals surface area contributed by atoms with Gasteiger partial charge in [-0.3, -0.25) is 24.6 Å². The Bertz CT molecular complexity index is 1150. The maximum atomic E-state index is 13.5. The Hall–Kier alpha value is -4.01. The monoisotopic (exact) mass is 460 g/mol. The minimum atomic E-state index is -0.883. The van der Waals surface area contributed by atoms with Crippen molar-refractivity contribution in [2.24, 2.45) is 23.7 Å². The summed E-state index contributed by atoms with van der Waals surface area (Å²) in [4.78, 5) is 51.5. The van der Waals surface area contributed by atoms with Crippen molar-refractivity contribution in [2.75, 3.05) is 5.32 Å². The molecular weight excluding hydrogens is 436 g/mol. The molecule has 0 spiro atoms. The van der Waals surface area contributed by atoms with Crippen LogP contribution in [0.15, 0.2) is 66.7 Å². The van der Waals surface area contributed by atoms with Crippen molar-refractivity contribution >= 4 is 29.2 Å². The molecule has 174 valence electrons. The van der Waals surface area contributed by atoms with Crippen molar-refractivity contribution in [3.8, 4) is 0 Å². The molecule has 1 saturated heterocycles. The number of fused-ring (bicyclic) bond motifs is 1. The number of hydrogen-bond donors (Lipinski definition) is 2. The fraction of sp³-hybridized carbons (Fsp3) is 0.320. The molecule has 0 unspecified atom stereocenters. The van der Waals surface area contributed by atoms with Crippen molar-refractivity contribution in [2.45, 2.75) is 25.4 Å². The van der Waals surface area contributed by atoms with Crippen LogP contribution < -0.4 is 10.6 Å². The number of nitrogens with zero attached hydrogens (tertiary/aromatic N) is 2. The van der Waals surface area contributed by atoms with Crippen LogP contribution in [0.25, 0.3) is 0 Å². The van der Waals surface area contributed by atoms with Gasteiger partial charge in [0.1, 0.15) is 6.17 Å². The van der Waals surface area contributed by atoms with Gasteiger partial charge in [0.25, 0.3) is 5.69 Å². The quantitative estimate of drug-likeness (QED) is 0.296. The van der Waals surface area contributed by atoms with Crippen molar-refractivity contribution in [1.29, 1.82) is 0 Å². The lowest BCUT2D eigenvalue weighted by atomic mass is 9.63. The van der Waals surface area contributed by atoms with Gasteiger partial charge in [0.15, 0.2) is 0 Å². The molecule has 2 N–H and O–H groups in total. The van der Waals surface area contributed by atoms with Crippen molar-refractivity contribution < 1.29 is 19.3 Å². The molecule has 0 aromatic heterocycles. The molecule has 0 radical (unpaired) electrons. The molecular formula is C25H24N4O5. The molecule has 1 saturated carbocycles. The third-order valence-corrected chi connectivity index (χ3v) is 6.99. The zero-order valence-electron chi connectivity index (χ0n) is 18.3. The Morgan fingerprint density at radius 2 is 1.65 bits per heavy atom. The Kier molecular flexibility index (Phi) is 5.61. The number of nitrogens with one attached hydrogen (secondary N) is 2. The van der Waals surface area contributed by atoms with E-state index in [1.54, 1.807) is 0 Å². The molecule has 34 heavy (non-hydrogen) atoms. The molecule has 9 nitrogen and oxygen atoms in total. The Balaban J connectivity index is 1.39. The molecule has 3 aliphatic carbocycles. The number of carbonyl (C=O) groups is 3. The summed E-state index contributed by atoms with van der Waals surface area (Å²) in [6, 6.07) is 14.2. The van der Waals surface area contributed by atoms with Gasteiger partial charge in [-0.15, -0.1) is 0 Å². The Labute approximate surface area is 196 Å². The fourth-order valence-electron chi connectivity index (χ4n) is 5.46. The normalized spacial score (nSPS) is 25.7. The van der Waals surface area contributed by atoms with E-state index in [4.69, 9.17) is 0 Å². The van der Waals surface area contributed by atoms with Gasteiger partial charge in [0, 0.05) is 24.2 Å². The number of amides is 4. The third kappa shape index (κ3) is 3.93. The van der Waals surface area contributed by atoms with Gasteiger partial charge in [0.2, 0.25) is 11.8 Å². The van der Waals surface area contributed by atoms with Crippen LogP contribution in [0.3, 0.4) is 0 Å². The first-order valence-corrected chi connectivity index (χ1v) is 11.3. The topological polar surface area (TPSA) is 122 Å². The summed E-state index contributed by atoms with van der Waals surface area (Å²) >= 11 is 0. The molecule has 1 aliphatic heterocycles. The number of non-ortho nitro benzene ring substituents is 1. The highest BCUT2D eigenvalue weighted by atomic mass is 16.6. The Morgan fingerprint density at radius 1 is 1.00 bits per heavy atom. The lowest BCUT2D eigenvalue weighted by Gasteiger charge is -2.38. The van der Waals surface area contributed by atoms with Gasteiger partial charge in [-0.05, 0) is 36.3 Å².